The smallest absolute Gasteiger partial charge is 0.251 e. The zero-order chi connectivity index (χ0) is 19.8. The highest BCUT2D eigenvalue weighted by atomic mass is 35.5. The second-order valence-corrected chi connectivity index (χ2v) is 7.16. The number of amides is 3. The predicted octanol–water partition coefficient (Wildman–Crippen LogP) is 1.30. The monoisotopic (exact) mass is 394 g/mol. The number of nitrogens with zero attached hydrogens (tertiary/aromatic N) is 1. The summed E-state index contributed by atoms with van der Waals surface area (Å²) in [4.78, 5) is 38.6. The lowest BCUT2D eigenvalue weighted by Gasteiger charge is -2.37. The number of halogens is 1. The van der Waals surface area contributed by atoms with Gasteiger partial charge in [0, 0.05) is 42.7 Å². The minimum atomic E-state index is -0.659. The van der Waals surface area contributed by atoms with Gasteiger partial charge in [0.25, 0.3) is 5.91 Å². The van der Waals surface area contributed by atoms with Gasteiger partial charge in [-0.1, -0.05) is 11.6 Å². The summed E-state index contributed by atoms with van der Waals surface area (Å²) in [6.07, 6.45) is 3.02. The summed E-state index contributed by atoms with van der Waals surface area (Å²) in [5.74, 6) is -0.577. The molecule has 0 radical (unpaired) electrons. The molecule has 0 spiro atoms. The molecule has 0 aromatic heterocycles. The molecule has 1 aliphatic heterocycles. The summed E-state index contributed by atoms with van der Waals surface area (Å²) in [5.41, 5.74) is 5.83. The van der Waals surface area contributed by atoms with Crippen LogP contribution in [0.25, 0.3) is 0 Å². The van der Waals surface area contributed by atoms with Crippen molar-refractivity contribution in [3.63, 3.8) is 0 Å². The lowest BCUT2D eigenvalue weighted by molar-refractivity contribution is -0.137. The van der Waals surface area contributed by atoms with E-state index in [9.17, 15) is 14.4 Å². The topological polar surface area (TPSA) is 105 Å². The highest BCUT2D eigenvalue weighted by Crippen LogP contribution is 2.18. The quantitative estimate of drug-likeness (QED) is 0.648. The average molecular weight is 395 g/mol. The van der Waals surface area contributed by atoms with Crippen molar-refractivity contribution < 1.29 is 14.4 Å². The van der Waals surface area contributed by atoms with Crippen molar-refractivity contribution in [2.45, 2.75) is 44.7 Å². The Balaban J connectivity index is 1.94. The van der Waals surface area contributed by atoms with Crippen molar-refractivity contribution in [2.75, 3.05) is 19.6 Å². The largest absolute Gasteiger partial charge is 0.354 e. The van der Waals surface area contributed by atoms with E-state index in [1.54, 1.807) is 36.1 Å². The minimum Gasteiger partial charge on any atom is -0.354 e. The molecule has 4 N–H and O–H groups in total. The molecule has 2 unspecified atom stereocenters. The molecule has 1 fully saturated rings. The van der Waals surface area contributed by atoms with Gasteiger partial charge in [0.05, 0.1) is 0 Å². The first-order valence-electron chi connectivity index (χ1n) is 9.26. The number of hydrogen-bond acceptors (Lipinski definition) is 4. The van der Waals surface area contributed by atoms with Gasteiger partial charge >= 0.3 is 0 Å². The first kappa shape index (κ1) is 21.2. The lowest BCUT2D eigenvalue weighted by Crippen LogP contribution is -2.55. The van der Waals surface area contributed by atoms with Gasteiger partial charge in [-0.25, -0.2) is 0 Å². The van der Waals surface area contributed by atoms with Gasteiger partial charge in [0.2, 0.25) is 11.8 Å². The highest BCUT2D eigenvalue weighted by molar-refractivity contribution is 6.30. The summed E-state index contributed by atoms with van der Waals surface area (Å²) < 4.78 is 0. The molecule has 8 heteroatoms. The molecule has 148 valence electrons. The Bertz CT molecular complexity index is 665. The molecule has 1 aromatic carbocycles. The fraction of sp³-hybridized carbons (Fsp3) is 0.526. The van der Waals surface area contributed by atoms with Crippen LogP contribution in [0.4, 0.5) is 0 Å². The van der Waals surface area contributed by atoms with Gasteiger partial charge in [0.1, 0.15) is 6.04 Å². The Kier molecular flexibility index (Phi) is 8.06. The zero-order valence-corrected chi connectivity index (χ0v) is 16.3. The van der Waals surface area contributed by atoms with Gasteiger partial charge < -0.3 is 21.3 Å². The maximum absolute atomic E-state index is 12.9. The third-order valence-electron chi connectivity index (χ3n) is 4.64. The Morgan fingerprint density at radius 2 is 1.96 bits per heavy atom. The summed E-state index contributed by atoms with van der Waals surface area (Å²) in [5, 5.41) is 6.12. The Morgan fingerprint density at radius 1 is 1.26 bits per heavy atom. The van der Waals surface area contributed by atoms with Gasteiger partial charge in [-0.3, -0.25) is 14.4 Å². The molecule has 3 amide bonds. The Morgan fingerprint density at radius 3 is 2.63 bits per heavy atom. The van der Waals surface area contributed by atoms with E-state index in [0.29, 0.717) is 30.2 Å². The Hall–Kier alpha value is -2.12. The second-order valence-electron chi connectivity index (χ2n) is 6.73. The standard InChI is InChI=1S/C19H27ClN4O3/c1-13(23-18(26)14-5-7-15(20)8-6-14)19(27)24-11-3-2-4-16(24)12-22-17(25)9-10-21/h5-8,13,16H,2-4,9-12,21H2,1H3,(H,22,25)(H,23,26). The number of hydrogen-bond donors (Lipinski definition) is 3. The van der Waals surface area contributed by atoms with Crippen molar-refractivity contribution in [3.05, 3.63) is 34.9 Å². The van der Waals surface area contributed by atoms with Gasteiger partial charge in [0.15, 0.2) is 0 Å². The van der Waals surface area contributed by atoms with Crippen molar-refractivity contribution in [1.29, 1.82) is 0 Å². The first-order valence-corrected chi connectivity index (χ1v) is 9.64. The van der Waals surface area contributed by atoms with E-state index >= 15 is 0 Å². The fourth-order valence-corrected chi connectivity index (χ4v) is 3.27. The highest BCUT2D eigenvalue weighted by Gasteiger charge is 2.30. The SMILES string of the molecule is CC(NC(=O)c1ccc(Cl)cc1)C(=O)N1CCCCC1CNC(=O)CCN. The van der Waals surface area contributed by atoms with Crippen molar-refractivity contribution >= 4 is 29.3 Å². The second kappa shape index (κ2) is 10.3. The number of benzene rings is 1. The van der Waals surface area contributed by atoms with Crippen LogP contribution in [0.15, 0.2) is 24.3 Å². The van der Waals surface area contributed by atoms with Crippen LogP contribution in [0.5, 0.6) is 0 Å². The van der Waals surface area contributed by atoms with Crippen LogP contribution in [0, 0.1) is 0 Å². The van der Waals surface area contributed by atoms with E-state index in [1.165, 1.54) is 0 Å². The van der Waals surface area contributed by atoms with E-state index in [4.69, 9.17) is 17.3 Å². The van der Waals surface area contributed by atoms with E-state index < -0.39 is 6.04 Å². The van der Waals surface area contributed by atoms with E-state index in [1.807, 2.05) is 0 Å². The molecule has 7 nitrogen and oxygen atoms in total. The maximum atomic E-state index is 12.9. The van der Waals surface area contributed by atoms with Crippen molar-refractivity contribution in [1.82, 2.24) is 15.5 Å². The van der Waals surface area contributed by atoms with Gasteiger partial charge in [-0.2, -0.15) is 0 Å². The van der Waals surface area contributed by atoms with E-state index in [0.717, 1.165) is 19.3 Å². The van der Waals surface area contributed by atoms with Gasteiger partial charge in [-0.05, 0) is 50.5 Å². The Labute approximate surface area is 164 Å². The molecule has 1 saturated heterocycles. The van der Waals surface area contributed by atoms with Crippen LogP contribution < -0.4 is 16.4 Å². The molecular weight excluding hydrogens is 368 g/mol. The number of piperidine rings is 1. The van der Waals surface area contributed by atoms with Crippen LogP contribution in [-0.2, 0) is 9.59 Å². The van der Waals surface area contributed by atoms with Crippen molar-refractivity contribution in [2.24, 2.45) is 5.73 Å². The summed E-state index contributed by atoms with van der Waals surface area (Å²) in [7, 11) is 0. The van der Waals surface area contributed by atoms with Gasteiger partial charge in [-0.15, -0.1) is 0 Å². The molecule has 1 aromatic rings. The summed E-state index contributed by atoms with van der Waals surface area (Å²) in [6, 6.07) is 5.77. The van der Waals surface area contributed by atoms with Crippen LogP contribution in [0.1, 0.15) is 43.0 Å². The maximum Gasteiger partial charge on any atom is 0.251 e. The van der Waals surface area contributed by atoms with Crippen LogP contribution in [-0.4, -0.2) is 54.3 Å². The van der Waals surface area contributed by atoms with Crippen LogP contribution in [0.3, 0.4) is 0 Å². The normalized spacial score (nSPS) is 17.9. The molecular formula is C19H27ClN4O3. The third-order valence-corrected chi connectivity index (χ3v) is 4.89. The number of nitrogens with two attached hydrogens (primary N) is 1. The molecule has 0 bridgehead atoms. The zero-order valence-electron chi connectivity index (χ0n) is 15.5. The average Bonchev–Trinajstić information content (AvgIpc) is 2.66. The number of likely N-dealkylation sites (tertiary alicyclic amines) is 1. The number of carbonyl (C=O) groups excluding carboxylic acids is 3. The van der Waals surface area contributed by atoms with Crippen LogP contribution in [0.2, 0.25) is 5.02 Å². The molecule has 0 saturated carbocycles. The summed E-state index contributed by atoms with van der Waals surface area (Å²) >= 11 is 5.83. The van der Waals surface area contributed by atoms with E-state index in [-0.39, 0.29) is 30.2 Å². The predicted molar refractivity (Wildman–Crippen MR) is 104 cm³/mol. The number of nitrogens with one attached hydrogen (secondary N) is 2. The van der Waals surface area contributed by atoms with E-state index in [2.05, 4.69) is 10.6 Å². The minimum absolute atomic E-state index is 0.0668. The molecule has 1 aliphatic rings. The third kappa shape index (κ3) is 6.22. The van der Waals surface area contributed by atoms with Crippen LogP contribution >= 0.6 is 11.6 Å². The molecule has 0 aliphatic carbocycles. The number of rotatable bonds is 7. The molecule has 2 atom stereocenters. The summed E-state index contributed by atoms with van der Waals surface area (Å²) in [6.45, 7) is 3.00. The lowest BCUT2D eigenvalue weighted by atomic mass is 10.0. The molecule has 2 rings (SSSR count). The number of carbonyl (C=O) groups is 3. The first-order chi connectivity index (χ1) is 12.9. The molecule has 27 heavy (non-hydrogen) atoms. The van der Waals surface area contributed by atoms with Crippen molar-refractivity contribution in [3.8, 4) is 0 Å². The molecule has 1 heterocycles. The fourth-order valence-electron chi connectivity index (χ4n) is 3.15.